The van der Waals surface area contributed by atoms with Gasteiger partial charge in [-0.15, -0.1) is 0 Å². The fraction of sp³-hybridized carbons (Fsp3) is 0.269. The van der Waals surface area contributed by atoms with Gasteiger partial charge in [0.25, 0.3) is 0 Å². The molecule has 0 aliphatic carbocycles. The lowest BCUT2D eigenvalue weighted by Crippen LogP contribution is -2.45. The highest BCUT2D eigenvalue weighted by Crippen LogP contribution is 2.19. The second-order valence-corrected chi connectivity index (χ2v) is 7.91. The Balaban J connectivity index is 0.000000241. The molecule has 180 valence electrons. The van der Waals surface area contributed by atoms with Crippen molar-refractivity contribution in [1.29, 1.82) is 0 Å². The Morgan fingerprint density at radius 3 is 1.91 bits per heavy atom. The Hall–Kier alpha value is -3.91. The Morgan fingerprint density at radius 2 is 1.32 bits per heavy atom. The number of benzene rings is 3. The zero-order valence-electron chi connectivity index (χ0n) is 19.1. The van der Waals surface area contributed by atoms with Gasteiger partial charge in [0.15, 0.2) is 0 Å². The average Bonchev–Trinajstić information content (AvgIpc) is 2.82. The van der Waals surface area contributed by atoms with E-state index in [9.17, 15) is 14.4 Å². The summed E-state index contributed by atoms with van der Waals surface area (Å²) in [5.41, 5.74) is 1.86. The van der Waals surface area contributed by atoms with Crippen LogP contribution < -0.4 is 10.6 Å². The molecule has 0 saturated carbocycles. The van der Waals surface area contributed by atoms with Crippen LogP contribution in [0.4, 0.5) is 5.69 Å². The van der Waals surface area contributed by atoms with E-state index in [0.29, 0.717) is 12.8 Å². The number of rotatable bonds is 10. The first kappa shape index (κ1) is 26.3. The number of carboxylic acids is 3. The van der Waals surface area contributed by atoms with Gasteiger partial charge >= 0.3 is 17.9 Å². The van der Waals surface area contributed by atoms with E-state index in [2.05, 4.69) is 10.6 Å². The third kappa shape index (κ3) is 8.55. The summed E-state index contributed by atoms with van der Waals surface area (Å²) in [5.74, 6) is -2.94. The summed E-state index contributed by atoms with van der Waals surface area (Å²) >= 11 is 0. The standard InChI is InChI=1S/C13H17NO4.C13H13NO2/c1-9(12(15)16)14-11(13(17)18)8-7-10-5-3-2-4-6-10;1-9(13(15)16)14-12-7-6-10-4-2-3-5-11(10)8-12/h2-6,9,11,14H,7-8H2,1H3,(H,15,16)(H,17,18);2-9,14H,1H3,(H,15,16)/t9-,11+;/m1./s1. The molecule has 0 radical (unpaired) electrons. The maximum Gasteiger partial charge on any atom is 0.325 e. The molecule has 3 aromatic carbocycles. The molecule has 0 fully saturated rings. The van der Waals surface area contributed by atoms with Crippen LogP contribution in [-0.2, 0) is 20.8 Å². The number of anilines is 1. The van der Waals surface area contributed by atoms with E-state index in [1.54, 1.807) is 6.92 Å². The van der Waals surface area contributed by atoms with E-state index >= 15 is 0 Å². The molecule has 0 aliphatic rings. The average molecular weight is 467 g/mol. The molecule has 5 N–H and O–H groups in total. The minimum atomic E-state index is -1.05. The zero-order chi connectivity index (χ0) is 25.1. The van der Waals surface area contributed by atoms with Crippen molar-refractivity contribution < 1.29 is 29.7 Å². The van der Waals surface area contributed by atoms with Crippen LogP contribution >= 0.6 is 0 Å². The number of nitrogens with one attached hydrogen (secondary N) is 2. The highest BCUT2D eigenvalue weighted by molar-refractivity contribution is 5.86. The van der Waals surface area contributed by atoms with Crippen LogP contribution in [0.3, 0.4) is 0 Å². The Bertz CT molecular complexity index is 1100. The van der Waals surface area contributed by atoms with Gasteiger partial charge in [0, 0.05) is 5.69 Å². The highest BCUT2D eigenvalue weighted by atomic mass is 16.4. The summed E-state index contributed by atoms with van der Waals surface area (Å²) in [4.78, 5) is 32.4. The molecule has 0 saturated heterocycles. The molecule has 34 heavy (non-hydrogen) atoms. The van der Waals surface area contributed by atoms with Gasteiger partial charge in [0.1, 0.15) is 18.1 Å². The van der Waals surface area contributed by atoms with Crippen molar-refractivity contribution in [2.75, 3.05) is 5.32 Å². The SMILES string of the molecule is CC(Nc1ccc2ccccc2c1)C(=O)O.C[C@@H](N[C@@H](CCc1ccccc1)C(=O)O)C(=O)O. The van der Waals surface area contributed by atoms with Crippen LogP contribution in [0.15, 0.2) is 72.8 Å². The maximum absolute atomic E-state index is 11.0. The van der Waals surface area contributed by atoms with Crippen LogP contribution in [0.5, 0.6) is 0 Å². The van der Waals surface area contributed by atoms with Crippen LogP contribution in [-0.4, -0.2) is 51.4 Å². The van der Waals surface area contributed by atoms with Crippen molar-refractivity contribution in [3.63, 3.8) is 0 Å². The zero-order valence-corrected chi connectivity index (χ0v) is 19.1. The third-order valence-electron chi connectivity index (χ3n) is 5.19. The van der Waals surface area contributed by atoms with Crippen molar-refractivity contribution in [3.8, 4) is 0 Å². The fourth-order valence-electron chi connectivity index (χ4n) is 3.20. The van der Waals surface area contributed by atoms with Crippen LogP contribution in [0.2, 0.25) is 0 Å². The van der Waals surface area contributed by atoms with Crippen molar-refractivity contribution in [2.45, 2.75) is 44.8 Å². The molecule has 0 aliphatic heterocycles. The van der Waals surface area contributed by atoms with Gasteiger partial charge in [-0.05, 0) is 55.2 Å². The Kier molecular flexibility index (Phi) is 10.0. The third-order valence-corrected chi connectivity index (χ3v) is 5.19. The number of carboxylic acid groups (broad SMARTS) is 3. The first-order chi connectivity index (χ1) is 16.2. The van der Waals surface area contributed by atoms with E-state index in [1.165, 1.54) is 6.92 Å². The lowest BCUT2D eigenvalue weighted by Gasteiger charge is -2.17. The number of aryl methyl sites for hydroxylation is 1. The smallest absolute Gasteiger partial charge is 0.325 e. The molecule has 3 aromatic rings. The molecule has 0 bridgehead atoms. The minimum absolute atomic E-state index is 0.358. The number of fused-ring (bicyclic) bond motifs is 1. The van der Waals surface area contributed by atoms with Gasteiger partial charge in [-0.2, -0.15) is 0 Å². The molecule has 3 rings (SSSR count). The molecule has 8 heteroatoms. The molecule has 1 unspecified atom stereocenters. The molecule has 0 aromatic heterocycles. The predicted molar refractivity (Wildman–Crippen MR) is 131 cm³/mol. The molecule has 8 nitrogen and oxygen atoms in total. The number of hydrogen-bond acceptors (Lipinski definition) is 5. The van der Waals surface area contributed by atoms with Gasteiger partial charge in [-0.25, -0.2) is 0 Å². The molecule has 3 atom stereocenters. The van der Waals surface area contributed by atoms with E-state index in [0.717, 1.165) is 22.0 Å². The monoisotopic (exact) mass is 466 g/mol. The molecular formula is C26H30N2O6. The van der Waals surface area contributed by atoms with Gasteiger partial charge in [-0.3, -0.25) is 19.7 Å². The van der Waals surface area contributed by atoms with Crippen LogP contribution in [0.1, 0.15) is 25.8 Å². The largest absolute Gasteiger partial charge is 0.480 e. The van der Waals surface area contributed by atoms with Crippen LogP contribution in [0.25, 0.3) is 10.8 Å². The summed E-state index contributed by atoms with van der Waals surface area (Å²) in [6.45, 7) is 3.05. The lowest BCUT2D eigenvalue weighted by atomic mass is 10.0. The maximum atomic E-state index is 11.0. The molecular weight excluding hydrogens is 436 g/mol. The van der Waals surface area contributed by atoms with E-state index in [1.807, 2.05) is 72.8 Å². The molecule has 0 heterocycles. The van der Waals surface area contributed by atoms with Gasteiger partial charge in [-0.1, -0.05) is 60.7 Å². The van der Waals surface area contributed by atoms with Crippen molar-refractivity contribution in [3.05, 3.63) is 78.4 Å². The fourth-order valence-corrected chi connectivity index (χ4v) is 3.20. The summed E-state index contributed by atoms with van der Waals surface area (Å²) in [5, 5.41) is 34.3. The van der Waals surface area contributed by atoms with Crippen molar-refractivity contribution >= 4 is 34.4 Å². The summed E-state index contributed by atoms with van der Waals surface area (Å²) in [7, 11) is 0. The van der Waals surface area contributed by atoms with Gasteiger partial charge in [0.05, 0.1) is 0 Å². The number of carbonyl (C=O) groups is 3. The van der Waals surface area contributed by atoms with Gasteiger partial charge in [0.2, 0.25) is 0 Å². The van der Waals surface area contributed by atoms with Crippen LogP contribution in [0, 0.1) is 0 Å². The second kappa shape index (κ2) is 13.0. The molecule has 0 amide bonds. The van der Waals surface area contributed by atoms with Crippen molar-refractivity contribution in [2.24, 2.45) is 0 Å². The Morgan fingerprint density at radius 1 is 0.735 bits per heavy atom. The number of hydrogen-bond donors (Lipinski definition) is 5. The summed E-state index contributed by atoms with van der Waals surface area (Å²) in [6.07, 6.45) is 0.952. The number of aliphatic carboxylic acids is 3. The van der Waals surface area contributed by atoms with Crippen molar-refractivity contribution in [1.82, 2.24) is 5.32 Å². The van der Waals surface area contributed by atoms with E-state index < -0.39 is 36.0 Å². The summed E-state index contributed by atoms with van der Waals surface area (Å²) in [6, 6.07) is 21.0. The second-order valence-electron chi connectivity index (χ2n) is 7.91. The van der Waals surface area contributed by atoms with Gasteiger partial charge < -0.3 is 20.6 Å². The predicted octanol–water partition coefficient (Wildman–Crippen LogP) is 3.86. The highest BCUT2D eigenvalue weighted by Gasteiger charge is 2.22. The molecule has 0 spiro atoms. The lowest BCUT2D eigenvalue weighted by molar-refractivity contribution is -0.142. The Labute approximate surface area is 198 Å². The van der Waals surface area contributed by atoms with E-state index in [-0.39, 0.29) is 0 Å². The van der Waals surface area contributed by atoms with E-state index in [4.69, 9.17) is 15.3 Å². The first-order valence-corrected chi connectivity index (χ1v) is 10.9. The summed E-state index contributed by atoms with van der Waals surface area (Å²) < 4.78 is 0. The first-order valence-electron chi connectivity index (χ1n) is 10.9. The minimum Gasteiger partial charge on any atom is -0.480 e. The normalized spacial score (nSPS) is 13.1. The quantitative estimate of drug-likeness (QED) is 0.304. The topological polar surface area (TPSA) is 136 Å².